The normalized spacial score (nSPS) is 11.0. The standard InChI is InChI=1S/C19H26O2/c1-3-4-5-6-7-8-9-13-18(21)15-17-12-10-11-14-19(17)16(2)20/h9-14H,3-8,15H2,1-2H3/b13-9+. The van der Waals surface area contributed by atoms with Gasteiger partial charge in [-0.15, -0.1) is 0 Å². The number of rotatable bonds is 10. The van der Waals surface area contributed by atoms with Gasteiger partial charge in [0.25, 0.3) is 0 Å². The second-order valence-electron chi connectivity index (χ2n) is 5.46. The van der Waals surface area contributed by atoms with Gasteiger partial charge in [0, 0.05) is 12.0 Å². The number of benzene rings is 1. The molecule has 0 saturated carbocycles. The van der Waals surface area contributed by atoms with E-state index in [9.17, 15) is 9.59 Å². The van der Waals surface area contributed by atoms with Gasteiger partial charge in [-0.1, -0.05) is 62.9 Å². The highest BCUT2D eigenvalue weighted by atomic mass is 16.1. The topological polar surface area (TPSA) is 34.1 Å². The summed E-state index contributed by atoms with van der Waals surface area (Å²) >= 11 is 0. The quantitative estimate of drug-likeness (QED) is 0.347. The number of unbranched alkanes of at least 4 members (excludes halogenated alkanes) is 5. The minimum absolute atomic E-state index is 0.0123. The number of carbonyl (C=O) groups excluding carboxylic acids is 2. The number of ketones is 2. The smallest absolute Gasteiger partial charge is 0.160 e. The Balaban J connectivity index is 2.38. The largest absolute Gasteiger partial charge is 0.295 e. The summed E-state index contributed by atoms with van der Waals surface area (Å²) < 4.78 is 0. The first-order valence-electron chi connectivity index (χ1n) is 7.93. The van der Waals surface area contributed by atoms with Crippen LogP contribution in [-0.2, 0) is 11.2 Å². The Labute approximate surface area is 128 Å². The molecule has 1 aromatic carbocycles. The van der Waals surface area contributed by atoms with Crippen molar-refractivity contribution in [3.8, 4) is 0 Å². The molecule has 0 aliphatic carbocycles. The second kappa shape index (κ2) is 10.1. The fourth-order valence-corrected chi connectivity index (χ4v) is 2.35. The SMILES string of the molecule is CCCCCCC/C=C/C(=O)Cc1ccccc1C(C)=O. The summed E-state index contributed by atoms with van der Waals surface area (Å²) in [4.78, 5) is 23.4. The Kier molecular flexibility index (Phi) is 8.34. The maximum atomic E-state index is 11.9. The highest BCUT2D eigenvalue weighted by molar-refractivity contribution is 5.98. The Morgan fingerprint density at radius 2 is 1.76 bits per heavy atom. The van der Waals surface area contributed by atoms with Crippen molar-refractivity contribution in [2.24, 2.45) is 0 Å². The Hall–Kier alpha value is -1.70. The minimum atomic E-state index is 0.0123. The lowest BCUT2D eigenvalue weighted by Crippen LogP contribution is -2.05. The van der Waals surface area contributed by atoms with Gasteiger partial charge in [0.15, 0.2) is 11.6 Å². The number of hydrogen-bond acceptors (Lipinski definition) is 2. The van der Waals surface area contributed by atoms with Gasteiger partial charge < -0.3 is 0 Å². The van der Waals surface area contributed by atoms with Crippen molar-refractivity contribution in [2.75, 3.05) is 0 Å². The van der Waals surface area contributed by atoms with Gasteiger partial charge in [-0.3, -0.25) is 9.59 Å². The van der Waals surface area contributed by atoms with E-state index in [4.69, 9.17) is 0 Å². The van der Waals surface area contributed by atoms with Crippen LogP contribution in [0.3, 0.4) is 0 Å². The highest BCUT2D eigenvalue weighted by Gasteiger charge is 2.08. The monoisotopic (exact) mass is 286 g/mol. The predicted octanol–water partition coefficient (Wildman–Crippen LogP) is 4.92. The number of carbonyl (C=O) groups is 2. The average Bonchev–Trinajstić information content (AvgIpc) is 2.46. The predicted molar refractivity (Wildman–Crippen MR) is 87.7 cm³/mol. The van der Waals surface area contributed by atoms with E-state index >= 15 is 0 Å². The maximum absolute atomic E-state index is 11.9. The molecule has 0 fully saturated rings. The van der Waals surface area contributed by atoms with Crippen LogP contribution in [-0.4, -0.2) is 11.6 Å². The molecule has 1 rings (SSSR count). The van der Waals surface area contributed by atoms with Crippen LogP contribution in [0.4, 0.5) is 0 Å². The molecule has 0 saturated heterocycles. The molecule has 0 N–H and O–H groups in total. The molecule has 1 aromatic rings. The third kappa shape index (κ3) is 7.03. The molecule has 0 bridgehead atoms. The lowest BCUT2D eigenvalue weighted by molar-refractivity contribution is -0.114. The Bertz CT molecular complexity index is 486. The van der Waals surface area contributed by atoms with Crippen molar-refractivity contribution < 1.29 is 9.59 Å². The molecule has 0 aliphatic rings. The molecule has 0 spiro atoms. The molecular formula is C19H26O2. The highest BCUT2D eigenvalue weighted by Crippen LogP contribution is 2.11. The summed E-state index contributed by atoms with van der Waals surface area (Å²) in [5, 5.41) is 0. The molecular weight excluding hydrogens is 260 g/mol. The summed E-state index contributed by atoms with van der Waals surface area (Å²) in [6.07, 6.45) is 11.1. The van der Waals surface area contributed by atoms with Gasteiger partial charge in [0.1, 0.15) is 0 Å². The number of Topliss-reactive ketones (excluding diaryl/α,β-unsaturated/α-hetero) is 1. The summed E-state index contributed by atoms with van der Waals surface area (Å²) in [5.41, 5.74) is 1.47. The van der Waals surface area contributed by atoms with Gasteiger partial charge in [0.05, 0.1) is 0 Å². The second-order valence-corrected chi connectivity index (χ2v) is 5.46. The molecule has 0 aliphatic heterocycles. The van der Waals surface area contributed by atoms with Crippen molar-refractivity contribution >= 4 is 11.6 Å². The first kappa shape index (κ1) is 17.4. The molecule has 21 heavy (non-hydrogen) atoms. The molecule has 0 atom stereocenters. The van der Waals surface area contributed by atoms with E-state index in [0.29, 0.717) is 12.0 Å². The van der Waals surface area contributed by atoms with Crippen LogP contribution in [0.1, 0.15) is 68.3 Å². The zero-order chi connectivity index (χ0) is 15.5. The molecule has 0 amide bonds. The first-order chi connectivity index (χ1) is 10.1. The van der Waals surface area contributed by atoms with Gasteiger partial charge in [-0.05, 0) is 31.4 Å². The molecule has 0 aromatic heterocycles. The lowest BCUT2D eigenvalue weighted by atomic mass is 9.99. The summed E-state index contributed by atoms with van der Waals surface area (Å²) in [5.74, 6) is 0.0792. The fourth-order valence-electron chi connectivity index (χ4n) is 2.35. The summed E-state index contributed by atoms with van der Waals surface area (Å²) in [6, 6.07) is 7.33. The van der Waals surface area contributed by atoms with E-state index in [1.54, 1.807) is 12.1 Å². The van der Waals surface area contributed by atoms with Gasteiger partial charge in [-0.2, -0.15) is 0 Å². The molecule has 0 unspecified atom stereocenters. The van der Waals surface area contributed by atoms with E-state index in [1.165, 1.54) is 32.6 Å². The van der Waals surface area contributed by atoms with Crippen molar-refractivity contribution in [3.63, 3.8) is 0 Å². The first-order valence-corrected chi connectivity index (χ1v) is 7.93. The van der Waals surface area contributed by atoms with E-state index < -0.39 is 0 Å². The maximum Gasteiger partial charge on any atom is 0.160 e. The third-order valence-corrected chi connectivity index (χ3v) is 3.54. The van der Waals surface area contributed by atoms with E-state index in [0.717, 1.165) is 18.4 Å². The summed E-state index contributed by atoms with van der Waals surface area (Å²) in [6.45, 7) is 3.74. The van der Waals surface area contributed by atoms with Crippen LogP contribution in [0, 0.1) is 0 Å². The van der Waals surface area contributed by atoms with Gasteiger partial charge >= 0.3 is 0 Å². The van der Waals surface area contributed by atoms with E-state index in [-0.39, 0.29) is 11.6 Å². The van der Waals surface area contributed by atoms with Crippen LogP contribution < -0.4 is 0 Å². The van der Waals surface area contributed by atoms with Crippen molar-refractivity contribution in [1.29, 1.82) is 0 Å². The molecule has 0 heterocycles. The fraction of sp³-hybridized carbons (Fsp3) is 0.474. The van der Waals surface area contributed by atoms with Gasteiger partial charge in [0.2, 0.25) is 0 Å². The molecule has 114 valence electrons. The minimum Gasteiger partial charge on any atom is -0.295 e. The van der Waals surface area contributed by atoms with Crippen LogP contribution in [0.25, 0.3) is 0 Å². The van der Waals surface area contributed by atoms with Crippen molar-refractivity contribution in [2.45, 2.75) is 58.8 Å². The zero-order valence-electron chi connectivity index (χ0n) is 13.2. The molecule has 2 heteroatoms. The number of hydrogen-bond donors (Lipinski definition) is 0. The summed E-state index contributed by atoms with van der Waals surface area (Å²) in [7, 11) is 0. The van der Waals surface area contributed by atoms with Crippen molar-refractivity contribution in [3.05, 3.63) is 47.5 Å². The van der Waals surface area contributed by atoms with Crippen LogP contribution in [0.2, 0.25) is 0 Å². The van der Waals surface area contributed by atoms with Gasteiger partial charge in [-0.25, -0.2) is 0 Å². The van der Waals surface area contributed by atoms with Crippen molar-refractivity contribution in [1.82, 2.24) is 0 Å². The lowest BCUT2D eigenvalue weighted by Gasteiger charge is -2.04. The zero-order valence-corrected chi connectivity index (χ0v) is 13.2. The molecule has 0 radical (unpaired) electrons. The average molecular weight is 286 g/mol. The third-order valence-electron chi connectivity index (χ3n) is 3.54. The van der Waals surface area contributed by atoms with Crippen LogP contribution >= 0.6 is 0 Å². The Morgan fingerprint density at radius 3 is 2.48 bits per heavy atom. The van der Waals surface area contributed by atoms with E-state index in [2.05, 4.69) is 6.92 Å². The van der Waals surface area contributed by atoms with Crippen LogP contribution in [0.15, 0.2) is 36.4 Å². The number of allylic oxidation sites excluding steroid dienone is 2. The molecule has 2 nitrogen and oxygen atoms in total. The van der Waals surface area contributed by atoms with Crippen LogP contribution in [0.5, 0.6) is 0 Å². The Morgan fingerprint density at radius 1 is 1.05 bits per heavy atom. The van der Waals surface area contributed by atoms with E-state index in [1.807, 2.05) is 24.3 Å².